The van der Waals surface area contributed by atoms with Crippen molar-refractivity contribution < 1.29 is 14.5 Å². The molecule has 0 amide bonds. The molecule has 0 fully saturated rings. The van der Waals surface area contributed by atoms with Crippen molar-refractivity contribution in [3.63, 3.8) is 0 Å². The van der Waals surface area contributed by atoms with E-state index < -0.39 is 4.92 Å². The first-order valence-corrected chi connectivity index (χ1v) is 5.47. The van der Waals surface area contributed by atoms with Gasteiger partial charge in [-0.05, 0) is 24.3 Å². The van der Waals surface area contributed by atoms with E-state index in [1.54, 1.807) is 24.4 Å². The average molecular weight is 258 g/mol. The van der Waals surface area contributed by atoms with Gasteiger partial charge in [-0.25, -0.2) is 0 Å². The molecule has 0 aliphatic carbocycles. The minimum absolute atomic E-state index is 0.0558. The van der Waals surface area contributed by atoms with Crippen molar-refractivity contribution in [3.8, 4) is 5.75 Å². The molecule has 0 radical (unpaired) electrons. The molecule has 0 unspecified atom stereocenters. The summed E-state index contributed by atoms with van der Waals surface area (Å²) in [5, 5.41) is 10.9. The largest absolute Gasteiger partial charge is 0.480 e. The van der Waals surface area contributed by atoms with Gasteiger partial charge < -0.3 is 4.74 Å². The van der Waals surface area contributed by atoms with Gasteiger partial charge in [0.25, 0.3) is 0 Å². The Morgan fingerprint density at radius 2 is 2.16 bits per heavy atom. The van der Waals surface area contributed by atoms with Crippen LogP contribution in [0, 0.1) is 10.1 Å². The lowest BCUT2D eigenvalue weighted by Gasteiger charge is -2.06. The van der Waals surface area contributed by atoms with Crippen molar-refractivity contribution in [2.45, 2.75) is 6.61 Å². The molecule has 0 bridgehead atoms. The molecule has 1 aromatic heterocycles. The normalized spacial score (nSPS) is 9.89. The fourth-order valence-corrected chi connectivity index (χ4v) is 1.51. The number of rotatable bonds is 5. The summed E-state index contributed by atoms with van der Waals surface area (Å²) in [6.45, 7) is 0.101. The molecule has 6 nitrogen and oxygen atoms in total. The van der Waals surface area contributed by atoms with Crippen LogP contribution < -0.4 is 4.74 Å². The second-order valence-electron chi connectivity index (χ2n) is 3.71. The van der Waals surface area contributed by atoms with Crippen LogP contribution in [0.25, 0.3) is 0 Å². The first-order valence-electron chi connectivity index (χ1n) is 5.47. The van der Waals surface area contributed by atoms with Crippen LogP contribution >= 0.6 is 0 Å². The summed E-state index contributed by atoms with van der Waals surface area (Å²) in [6, 6.07) is 9.26. The van der Waals surface area contributed by atoms with E-state index in [4.69, 9.17) is 4.74 Å². The van der Waals surface area contributed by atoms with Gasteiger partial charge in [-0.3, -0.25) is 19.9 Å². The molecule has 0 aliphatic heterocycles. The topological polar surface area (TPSA) is 82.3 Å². The van der Waals surface area contributed by atoms with E-state index in [0.29, 0.717) is 17.5 Å². The van der Waals surface area contributed by atoms with Gasteiger partial charge in [-0.1, -0.05) is 6.07 Å². The highest BCUT2D eigenvalue weighted by atomic mass is 16.6. The van der Waals surface area contributed by atoms with Crippen LogP contribution in [0.4, 0.5) is 5.69 Å². The molecule has 1 heterocycles. The number of ether oxygens (including phenoxy) is 1. The molecule has 96 valence electrons. The summed E-state index contributed by atoms with van der Waals surface area (Å²) >= 11 is 0. The molecular weight excluding hydrogens is 248 g/mol. The Kier molecular flexibility index (Phi) is 3.82. The minimum Gasteiger partial charge on any atom is -0.480 e. The summed E-state index contributed by atoms with van der Waals surface area (Å²) in [6.07, 6.45) is 2.21. The van der Waals surface area contributed by atoms with Crippen LogP contribution in [0.1, 0.15) is 16.1 Å². The molecule has 0 saturated carbocycles. The summed E-state index contributed by atoms with van der Waals surface area (Å²) in [4.78, 5) is 25.0. The van der Waals surface area contributed by atoms with Crippen LogP contribution in [0.2, 0.25) is 0 Å². The highest BCUT2D eigenvalue weighted by Crippen LogP contribution is 2.28. The second-order valence-corrected chi connectivity index (χ2v) is 3.71. The maximum Gasteiger partial charge on any atom is 0.310 e. The molecule has 19 heavy (non-hydrogen) atoms. The van der Waals surface area contributed by atoms with Gasteiger partial charge in [0.15, 0.2) is 5.75 Å². The number of hydrogen-bond donors (Lipinski definition) is 0. The number of carbonyl (C=O) groups is 1. The fraction of sp³-hybridized carbons (Fsp3) is 0.0769. The summed E-state index contributed by atoms with van der Waals surface area (Å²) in [5.74, 6) is 0.0558. The molecule has 0 N–H and O–H groups in total. The van der Waals surface area contributed by atoms with Crippen LogP contribution in [-0.2, 0) is 6.61 Å². The Balaban J connectivity index is 2.22. The van der Waals surface area contributed by atoms with Crippen molar-refractivity contribution in [1.29, 1.82) is 0 Å². The van der Waals surface area contributed by atoms with Gasteiger partial charge in [-0.15, -0.1) is 0 Å². The van der Waals surface area contributed by atoms with E-state index in [9.17, 15) is 14.9 Å². The predicted octanol–water partition coefficient (Wildman–Crippen LogP) is 2.38. The van der Waals surface area contributed by atoms with Crippen molar-refractivity contribution in [3.05, 3.63) is 64.0 Å². The lowest BCUT2D eigenvalue weighted by molar-refractivity contribution is -0.385. The van der Waals surface area contributed by atoms with E-state index in [2.05, 4.69) is 4.98 Å². The van der Waals surface area contributed by atoms with Gasteiger partial charge >= 0.3 is 5.69 Å². The van der Waals surface area contributed by atoms with E-state index in [1.165, 1.54) is 18.2 Å². The Hall–Kier alpha value is -2.76. The average Bonchev–Trinajstić information content (AvgIpc) is 2.45. The quantitative estimate of drug-likeness (QED) is 0.467. The monoisotopic (exact) mass is 258 g/mol. The number of aromatic nitrogens is 1. The minimum atomic E-state index is -0.553. The van der Waals surface area contributed by atoms with Crippen LogP contribution in [0.3, 0.4) is 0 Å². The number of carbonyl (C=O) groups excluding carboxylic acids is 1. The molecule has 0 atom stereocenters. The van der Waals surface area contributed by atoms with Crippen LogP contribution in [-0.4, -0.2) is 16.2 Å². The number of pyridine rings is 1. The summed E-state index contributed by atoms with van der Waals surface area (Å²) in [5.41, 5.74) is 0.788. The maximum atomic E-state index is 10.9. The number of nitro benzene ring substituents is 1. The molecule has 1 aromatic carbocycles. The Bertz CT molecular complexity index is 599. The van der Waals surface area contributed by atoms with Gasteiger partial charge in [0.05, 0.1) is 10.6 Å². The zero-order valence-electron chi connectivity index (χ0n) is 9.85. The third-order valence-corrected chi connectivity index (χ3v) is 2.42. The van der Waals surface area contributed by atoms with E-state index >= 15 is 0 Å². The van der Waals surface area contributed by atoms with E-state index in [-0.39, 0.29) is 18.0 Å². The number of aldehydes is 1. The highest BCUT2D eigenvalue weighted by molar-refractivity contribution is 5.76. The third kappa shape index (κ3) is 3.12. The molecule has 0 spiro atoms. The van der Waals surface area contributed by atoms with Crippen molar-refractivity contribution >= 4 is 12.0 Å². The first-order chi connectivity index (χ1) is 9.20. The molecular formula is C13H10N2O4. The Morgan fingerprint density at radius 3 is 2.79 bits per heavy atom. The lowest BCUT2D eigenvalue weighted by atomic mass is 10.2. The highest BCUT2D eigenvalue weighted by Gasteiger charge is 2.15. The molecule has 2 aromatic rings. The van der Waals surface area contributed by atoms with Crippen molar-refractivity contribution in [1.82, 2.24) is 4.98 Å². The van der Waals surface area contributed by atoms with E-state index in [0.717, 1.165) is 0 Å². The number of nitro groups is 1. The van der Waals surface area contributed by atoms with Gasteiger partial charge in [0.1, 0.15) is 12.9 Å². The molecule has 0 saturated heterocycles. The Morgan fingerprint density at radius 1 is 1.32 bits per heavy atom. The van der Waals surface area contributed by atoms with Crippen molar-refractivity contribution in [2.75, 3.05) is 0 Å². The smallest absolute Gasteiger partial charge is 0.310 e. The Labute approximate surface area is 108 Å². The first kappa shape index (κ1) is 12.7. The van der Waals surface area contributed by atoms with Gasteiger partial charge in [-0.2, -0.15) is 0 Å². The lowest BCUT2D eigenvalue weighted by Crippen LogP contribution is -2.01. The zero-order valence-corrected chi connectivity index (χ0v) is 9.85. The summed E-state index contributed by atoms with van der Waals surface area (Å²) in [7, 11) is 0. The summed E-state index contributed by atoms with van der Waals surface area (Å²) < 4.78 is 5.36. The predicted molar refractivity (Wildman–Crippen MR) is 67.1 cm³/mol. The van der Waals surface area contributed by atoms with Crippen molar-refractivity contribution in [2.24, 2.45) is 0 Å². The number of benzene rings is 1. The molecule has 6 heteroatoms. The SMILES string of the molecule is O=Cc1ccc([N+](=O)[O-])c(OCc2ccccn2)c1. The molecule has 2 rings (SSSR count). The van der Waals surface area contributed by atoms with Gasteiger partial charge in [0.2, 0.25) is 0 Å². The standard InChI is InChI=1S/C13H10N2O4/c16-8-10-4-5-12(15(17)18)13(7-10)19-9-11-3-1-2-6-14-11/h1-8H,9H2. The van der Waals surface area contributed by atoms with Crippen LogP contribution in [0.5, 0.6) is 5.75 Å². The zero-order chi connectivity index (χ0) is 13.7. The van der Waals surface area contributed by atoms with E-state index in [1.807, 2.05) is 0 Å². The molecule has 0 aliphatic rings. The van der Waals surface area contributed by atoms with Gasteiger partial charge in [0, 0.05) is 17.8 Å². The maximum absolute atomic E-state index is 10.9. The number of nitrogens with zero attached hydrogens (tertiary/aromatic N) is 2. The fourth-order valence-electron chi connectivity index (χ4n) is 1.51. The third-order valence-electron chi connectivity index (χ3n) is 2.42. The van der Waals surface area contributed by atoms with Crippen LogP contribution in [0.15, 0.2) is 42.6 Å². The second kappa shape index (κ2) is 5.72. The number of hydrogen-bond acceptors (Lipinski definition) is 5.